The van der Waals surface area contributed by atoms with Crippen molar-refractivity contribution in [3.05, 3.63) is 63.5 Å². The molecular formula is C37H55NO2S. The van der Waals surface area contributed by atoms with Crippen LogP contribution in [-0.4, -0.2) is 22.2 Å². The lowest BCUT2D eigenvalue weighted by Crippen LogP contribution is -2.41. The lowest BCUT2D eigenvalue weighted by Gasteiger charge is -2.52. The highest BCUT2D eigenvalue weighted by Gasteiger charge is 2.55. The summed E-state index contributed by atoms with van der Waals surface area (Å²) < 4.78 is 14.9. The van der Waals surface area contributed by atoms with Crippen molar-refractivity contribution >= 4 is 10.3 Å². The van der Waals surface area contributed by atoms with E-state index in [1.807, 2.05) is 0 Å². The van der Waals surface area contributed by atoms with Gasteiger partial charge in [0.05, 0.1) is 11.7 Å². The first-order chi connectivity index (χ1) is 19.1. The first kappa shape index (κ1) is 29.7. The van der Waals surface area contributed by atoms with E-state index in [-0.39, 0.29) is 28.0 Å². The Balaban J connectivity index is 1.57. The van der Waals surface area contributed by atoms with Gasteiger partial charge < -0.3 is 8.92 Å². The van der Waals surface area contributed by atoms with E-state index in [1.165, 1.54) is 71.3 Å². The van der Waals surface area contributed by atoms with Gasteiger partial charge in [0.2, 0.25) is 0 Å². The lowest BCUT2D eigenvalue weighted by atomic mass is 9.59. The van der Waals surface area contributed by atoms with Crippen LogP contribution in [0.2, 0.25) is 0 Å². The average Bonchev–Trinajstić information content (AvgIpc) is 3.46. The molecule has 2 heterocycles. The Morgan fingerprint density at radius 3 is 2.05 bits per heavy atom. The number of hydrogen-bond donors (Lipinski definition) is 0. The van der Waals surface area contributed by atoms with E-state index >= 15 is 0 Å². The fraction of sp³-hybridized carbons (Fsp3) is 0.703. The molecule has 1 aliphatic heterocycles. The largest absolute Gasteiger partial charge is 0.358 e. The number of hydrogen-bond acceptors (Lipinski definition) is 3. The highest BCUT2D eigenvalue weighted by Crippen LogP contribution is 2.65. The lowest BCUT2D eigenvalue weighted by molar-refractivity contribution is -0.0582. The van der Waals surface area contributed by atoms with E-state index in [0.717, 1.165) is 25.7 Å². The molecule has 0 saturated heterocycles. The molecule has 2 atom stereocenters. The number of benzene rings is 1. The zero-order chi connectivity index (χ0) is 29.6. The van der Waals surface area contributed by atoms with Crippen LogP contribution < -0.4 is 0 Å². The summed E-state index contributed by atoms with van der Waals surface area (Å²) in [6.07, 6.45) is 15.7. The molecule has 4 heteroatoms. The molecule has 3 nitrogen and oxygen atoms in total. The Labute approximate surface area is 252 Å². The summed E-state index contributed by atoms with van der Waals surface area (Å²) in [6.45, 7) is 18.6. The van der Waals surface area contributed by atoms with Crippen LogP contribution in [0, 0.1) is 5.41 Å². The average molecular weight is 578 g/mol. The van der Waals surface area contributed by atoms with E-state index in [0.29, 0.717) is 11.3 Å². The molecule has 2 aromatic rings. The minimum Gasteiger partial charge on any atom is -0.358 e. The summed E-state index contributed by atoms with van der Waals surface area (Å²) in [7, 11) is -1.31. The third kappa shape index (κ3) is 4.92. The second-order valence-electron chi connectivity index (χ2n) is 16.5. The van der Waals surface area contributed by atoms with Crippen LogP contribution in [-0.2, 0) is 26.4 Å². The number of fused-ring (bicyclic) bond motifs is 4. The maximum Gasteiger partial charge on any atom is 0.111 e. The van der Waals surface area contributed by atoms with Gasteiger partial charge in [-0.3, -0.25) is 4.98 Å². The number of rotatable bonds is 4. The van der Waals surface area contributed by atoms with Crippen LogP contribution in [0.1, 0.15) is 164 Å². The highest BCUT2D eigenvalue weighted by atomic mass is 32.3. The molecule has 4 aliphatic rings. The van der Waals surface area contributed by atoms with Crippen LogP contribution in [0.4, 0.5) is 0 Å². The van der Waals surface area contributed by atoms with Crippen molar-refractivity contribution in [3.63, 3.8) is 0 Å². The molecule has 2 fully saturated rings. The fourth-order valence-corrected chi connectivity index (χ4v) is 8.94. The molecule has 3 aliphatic carbocycles. The minimum absolute atomic E-state index is 0.0597. The molecule has 1 aromatic carbocycles. The van der Waals surface area contributed by atoms with Crippen molar-refractivity contribution in [3.8, 4) is 0 Å². The highest BCUT2D eigenvalue weighted by molar-refractivity contribution is 8.29. The van der Waals surface area contributed by atoms with Gasteiger partial charge in [-0.15, -0.1) is 10.3 Å². The molecule has 41 heavy (non-hydrogen) atoms. The van der Waals surface area contributed by atoms with Gasteiger partial charge in [0.1, 0.15) is 6.10 Å². The Bertz CT molecular complexity index is 1300. The molecule has 0 bridgehead atoms. The Hall–Kier alpha value is -1.36. The fourth-order valence-electron chi connectivity index (χ4n) is 7.91. The Morgan fingerprint density at radius 1 is 0.902 bits per heavy atom. The molecular weight excluding hydrogens is 522 g/mol. The summed E-state index contributed by atoms with van der Waals surface area (Å²) >= 11 is 0. The zero-order valence-corrected chi connectivity index (χ0v) is 28.4. The number of aromatic nitrogens is 1. The van der Waals surface area contributed by atoms with Gasteiger partial charge in [-0.2, -0.15) is 0 Å². The van der Waals surface area contributed by atoms with E-state index in [1.54, 1.807) is 0 Å². The molecule has 0 amide bonds. The zero-order valence-electron chi connectivity index (χ0n) is 27.6. The van der Waals surface area contributed by atoms with Gasteiger partial charge in [-0.05, 0) is 84.5 Å². The smallest absolute Gasteiger partial charge is 0.111 e. The summed E-state index contributed by atoms with van der Waals surface area (Å²) in [4.78, 5) is 5.64. The Kier molecular flexibility index (Phi) is 7.12. The summed E-state index contributed by atoms with van der Waals surface area (Å²) in [5.41, 5.74) is 9.84. The number of ether oxygens (including phenoxy) is 1. The van der Waals surface area contributed by atoms with Crippen LogP contribution in [0.5, 0.6) is 0 Å². The number of nitrogens with zero attached hydrogens (tertiary/aromatic N) is 1. The van der Waals surface area contributed by atoms with Gasteiger partial charge in [0.15, 0.2) is 0 Å². The molecule has 226 valence electrons. The second kappa shape index (κ2) is 9.83. The molecule has 1 aromatic heterocycles. The number of pyridine rings is 1. The van der Waals surface area contributed by atoms with Gasteiger partial charge in [-0.1, -0.05) is 98.9 Å². The van der Waals surface area contributed by atoms with Gasteiger partial charge in [-0.25, -0.2) is 0 Å². The van der Waals surface area contributed by atoms with Gasteiger partial charge in [0.25, 0.3) is 0 Å². The van der Waals surface area contributed by atoms with Crippen LogP contribution >= 0.6 is 10.3 Å². The van der Waals surface area contributed by atoms with Crippen molar-refractivity contribution in [2.45, 2.75) is 147 Å². The van der Waals surface area contributed by atoms with Crippen molar-refractivity contribution in [1.82, 2.24) is 4.98 Å². The molecule has 2 unspecified atom stereocenters. The molecule has 0 radical (unpaired) electrons. The monoisotopic (exact) mass is 577 g/mol. The van der Waals surface area contributed by atoms with Crippen LogP contribution in [0.25, 0.3) is 0 Å². The van der Waals surface area contributed by atoms with E-state index in [2.05, 4.69) is 92.2 Å². The van der Waals surface area contributed by atoms with Gasteiger partial charge >= 0.3 is 0 Å². The minimum atomic E-state index is -1.31. The normalized spacial score (nSPS) is 25.4. The maximum absolute atomic E-state index is 7.41. The first-order valence-electron chi connectivity index (χ1n) is 16.3. The summed E-state index contributed by atoms with van der Waals surface area (Å²) in [5, 5.41) is 0. The summed E-state index contributed by atoms with van der Waals surface area (Å²) in [5.74, 6) is 0.348. The van der Waals surface area contributed by atoms with Crippen molar-refractivity contribution in [2.24, 2.45) is 5.41 Å². The Morgan fingerprint density at radius 2 is 1.54 bits per heavy atom. The van der Waals surface area contributed by atoms with Crippen molar-refractivity contribution in [1.29, 1.82) is 0 Å². The second-order valence-corrected chi connectivity index (χ2v) is 20.4. The maximum atomic E-state index is 7.41. The summed E-state index contributed by atoms with van der Waals surface area (Å²) in [6, 6.07) is 9.30. The SMILES string of the molecule is CC(C)c1nc2c(c3c1C(c1ccc(C(C)(C)C)cc1)OC31CCCC1)C(OS(C)(C)C(C)(C)C)CC1(CCC1)C2. The van der Waals surface area contributed by atoms with Crippen LogP contribution in [0.3, 0.4) is 0 Å². The molecule has 6 rings (SSSR count). The quantitative estimate of drug-likeness (QED) is 0.362. The predicted molar refractivity (Wildman–Crippen MR) is 174 cm³/mol. The third-order valence-electron chi connectivity index (χ3n) is 11.2. The molecule has 0 N–H and O–H groups in total. The van der Waals surface area contributed by atoms with E-state index < -0.39 is 10.3 Å². The molecule has 2 spiro atoms. The topological polar surface area (TPSA) is 31.4 Å². The standard InChI is InChI=1S/C37H55NO2S/c1-24(2)32-30-31(37(20-11-12-21-37)39-33(30)25-14-16-26(17-15-25)34(3,4)5)29-27(38-32)22-36(18-13-19-36)23-28(29)40-41(9,10)35(6,7)8/h14-17,24,28,33H,11-13,18-23H2,1-10H3. The van der Waals surface area contributed by atoms with Crippen LogP contribution in [0.15, 0.2) is 24.3 Å². The van der Waals surface area contributed by atoms with Gasteiger partial charge in [0, 0.05) is 27.3 Å². The molecule has 2 saturated carbocycles. The van der Waals surface area contributed by atoms with E-state index in [4.69, 9.17) is 13.9 Å². The van der Waals surface area contributed by atoms with Crippen molar-refractivity contribution in [2.75, 3.05) is 12.5 Å². The predicted octanol–water partition coefficient (Wildman–Crippen LogP) is 10.3. The first-order valence-corrected chi connectivity index (χ1v) is 18.7. The van der Waals surface area contributed by atoms with E-state index in [9.17, 15) is 0 Å². The van der Waals surface area contributed by atoms with Crippen molar-refractivity contribution < 1.29 is 8.92 Å². The third-order valence-corrected chi connectivity index (χ3v) is 14.9.